The Labute approximate surface area is 80.0 Å². The highest BCUT2D eigenvalue weighted by Crippen LogP contribution is 2.28. The van der Waals surface area contributed by atoms with E-state index in [0.717, 1.165) is 16.1 Å². The highest BCUT2D eigenvalue weighted by Gasteiger charge is 2.08. The van der Waals surface area contributed by atoms with Gasteiger partial charge in [0.1, 0.15) is 0 Å². The number of nitrogen functional groups attached to an aromatic ring is 1. The second kappa shape index (κ2) is 2.85. The molecule has 0 unspecified atom stereocenters. The zero-order valence-electron chi connectivity index (χ0n) is 7.48. The third kappa shape index (κ3) is 1.42. The fourth-order valence-electron chi connectivity index (χ4n) is 1.25. The lowest BCUT2D eigenvalue weighted by Gasteiger charge is -1.88. The fraction of sp³-hybridized carbons (Fsp3) is 0.250. The average Bonchev–Trinajstić information content (AvgIpc) is 2.58. The van der Waals surface area contributed by atoms with Crippen LogP contribution in [0.2, 0.25) is 0 Å². The van der Waals surface area contributed by atoms with E-state index in [1.165, 1.54) is 11.3 Å². The summed E-state index contributed by atoms with van der Waals surface area (Å²) in [7, 11) is 1.90. The van der Waals surface area contributed by atoms with Crippen molar-refractivity contribution in [2.45, 2.75) is 6.92 Å². The second-order valence-corrected chi connectivity index (χ2v) is 3.93. The van der Waals surface area contributed by atoms with Gasteiger partial charge in [0, 0.05) is 25.0 Å². The number of aryl methyl sites for hydroxylation is 2. The summed E-state index contributed by atoms with van der Waals surface area (Å²) in [5.41, 5.74) is 7.67. The minimum absolute atomic E-state index is 0.596. The lowest BCUT2D eigenvalue weighted by Crippen LogP contribution is -1.86. The van der Waals surface area contributed by atoms with E-state index in [1.54, 1.807) is 10.9 Å². The van der Waals surface area contributed by atoms with E-state index in [1.807, 2.05) is 20.2 Å². The van der Waals surface area contributed by atoms with E-state index < -0.39 is 0 Å². The Hall–Kier alpha value is -1.36. The van der Waals surface area contributed by atoms with Gasteiger partial charge in [0.2, 0.25) is 0 Å². The Kier molecular flexibility index (Phi) is 1.81. The van der Waals surface area contributed by atoms with E-state index in [2.05, 4.69) is 10.1 Å². The molecule has 0 bridgehead atoms. The first-order valence-corrected chi connectivity index (χ1v) is 4.70. The SMILES string of the molecule is Cc1nn(C)cc1-c1cnc(N)s1. The first kappa shape index (κ1) is 8.25. The van der Waals surface area contributed by atoms with E-state index in [9.17, 15) is 0 Å². The van der Waals surface area contributed by atoms with Crippen molar-refractivity contribution in [3.8, 4) is 10.4 Å². The van der Waals surface area contributed by atoms with Crippen molar-refractivity contribution in [3.63, 3.8) is 0 Å². The van der Waals surface area contributed by atoms with Crippen molar-refractivity contribution in [2.75, 3.05) is 5.73 Å². The summed E-state index contributed by atoms with van der Waals surface area (Å²) >= 11 is 1.48. The molecule has 0 aromatic carbocycles. The number of thiazole rings is 1. The number of hydrogen-bond donors (Lipinski definition) is 1. The van der Waals surface area contributed by atoms with Gasteiger partial charge in [0.15, 0.2) is 5.13 Å². The number of nitrogens with two attached hydrogens (primary N) is 1. The summed E-state index contributed by atoms with van der Waals surface area (Å²) in [6.07, 6.45) is 3.76. The molecule has 2 aromatic rings. The second-order valence-electron chi connectivity index (χ2n) is 2.86. The number of anilines is 1. The predicted octanol–water partition coefficient (Wildman–Crippen LogP) is 1.43. The molecule has 0 aliphatic rings. The van der Waals surface area contributed by atoms with E-state index >= 15 is 0 Å². The monoisotopic (exact) mass is 194 g/mol. The standard InChI is InChI=1S/C8H10N4S/c1-5-6(4-12(2)11-5)7-3-10-8(9)13-7/h3-4H,1-2H3,(H2,9,10). The van der Waals surface area contributed by atoms with Crippen LogP contribution >= 0.6 is 11.3 Å². The predicted molar refractivity (Wildman–Crippen MR) is 53.5 cm³/mol. The smallest absolute Gasteiger partial charge is 0.180 e. The van der Waals surface area contributed by atoms with E-state index in [4.69, 9.17) is 5.73 Å². The van der Waals surface area contributed by atoms with E-state index in [-0.39, 0.29) is 0 Å². The highest BCUT2D eigenvalue weighted by molar-refractivity contribution is 7.18. The molecule has 0 aliphatic carbocycles. The Morgan fingerprint density at radius 1 is 1.54 bits per heavy atom. The molecule has 0 radical (unpaired) electrons. The zero-order valence-corrected chi connectivity index (χ0v) is 8.30. The van der Waals surface area contributed by atoms with Gasteiger partial charge in [-0.3, -0.25) is 4.68 Å². The summed E-state index contributed by atoms with van der Waals surface area (Å²) in [5, 5.41) is 4.85. The molecule has 0 spiro atoms. The van der Waals surface area contributed by atoms with Gasteiger partial charge in [-0.05, 0) is 6.92 Å². The molecule has 0 fully saturated rings. The minimum atomic E-state index is 0.596. The summed E-state index contributed by atoms with van der Waals surface area (Å²) in [5.74, 6) is 0. The van der Waals surface area contributed by atoms with Gasteiger partial charge in [0.25, 0.3) is 0 Å². The number of rotatable bonds is 1. The summed E-state index contributed by atoms with van der Waals surface area (Å²) in [6, 6.07) is 0. The van der Waals surface area contributed by atoms with Gasteiger partial charge in [0.05, 0.1) is 10.6 Å². The summed E-state index contributed by atoms with van der Waals surface area (Å²) in [4.78, 5) is 5.07. The summed E-state index contributed by atoms with van der Waals surface area (Å²) < 4.78 is 1.79. The highest BCUT2D eigenvalue weighted by atomic mass is 32.1. The van der Waals surface area contributed by atoms with Crippen LogP contribution in [0.3, 0.4) is 0 Å². The number of nitrogens with zero attached hydrogens (tertiary/aromatic N) is 3. The first-order chi connectivity index (χ1) is 6.16. The Balaban J connectivity index is 2.51. The molecule has 0 amide bonds. The average molecular weight is 194 g/mol. The molecule has 13 heavy (non-hydrogen) atoms. The molecule has 2 rings (SSSR count). The van der Waals surface area contributed by atoms with Crippen molar-refractivity contribution in [1.82, 2.24) is 14.8 Å². The van der Waals surface area contributed by atoms with E-state index in [0.29, 0.717) is 5.13 Å². The van der Waals surface area contributed by atoms with Crippen molar-refractivity contribution in [2.24, 2.45) is 7.05 Å². The zero-order chi connectivity index (χ0) is 9.42. The molecule has 4 nitrogen and oxygen atoms in total. The third-order valence-corrected chi connectivity index (χ3v) is 2.66. The van der Waals surface area contributed by atoms with Crippen LogP contribution in [-0.2, 0) is 7.05 Å². The van der Waals surface area contributed by atoms with Crippen molar-refractivity contribution in [1.29, 1.82) is 0 Å². The maximum absolute atomic E-state index is 5.55. The van der Waals surface area contributed by atoms with Crippen molar-refractivity contribution < 1.29 is 0 Å². The Morgan fingerprint density at radius 2 is 2.31 bits per heavy atom. The Morgan fingerprint density at radius 3 is 2.77 bits per heavy atom. The summed E-state index contributed by atoms with van der Waals surface area (Å²) in [6.45, 7) is 1.98. The van der Waals surface area contributed by atoms with Gasteiger partial charge in [-0.1, -0.05) is 11.3 Å². The van der Waals surface area contributed by atoms with Crippen molar-refractivity contribution >= 4 is 16.5 Å². The molecule has 0 aliphatic heterocycles. The molecule has 2 aromatic heterocycles. The first-order valence-electron chi connectivity index (χ1n) is 3.89. The number of aromatic nitrogens is 3. The minimum Gasteiger partial charge on any atom is -0.375 e. The van der Waals surface area contributed by atoms with Crippen molar-refractivity contribution in [3.05, 3.63) is 18.1 Å². The molecule has 2 heterocycles. The van der Waals surface area contributed by atoms with Gasteiger partial charge < -0.3 is 5.73 Å². The third-order valence-electron chi connectivity index (χ3n) is 1.80. The van der Waals surface area contributed by atoms with Crippen LogP contribution in [0.25, 0.3) is 10.4 Å². The van der Waals surface area contributed by atoms with Gasteiger partial charge in [-0.25, -0.2) is 4.98 Å². The van der Waals surface area contributed by atoms with Crippen LogP contribution in [-0.4, -0.2) is 14.8 Å². The van der Waals surface area contributed by atoms with Crippen LogP contribution in [0.1, 0.15) is 5.69 Å². The molecule has 0 saturated carbocycles. The number of hydrogen-bond acceptors (Lipinski definition) is 4. The molecule has 5 heteroatoms. The van der Waals surface area contributed by atoms with Gasteiger partial charge in [-0.15, -0.1) is 0 Å². The molecular formula is C8H10N4S. The maximum Gasteiger partial charge on any atom is 0.180 e. The largest absolute Gasteiger partial charge is 0.375 e. The van der Waals surface area contributed by atoms with Crippen LogP contribution < -0.4 is 5.73 Å². The molecule has 2 N–H and O–H groups in total. The molecular weight excluding hydrogens is 184 g/mol. The molecule has 0 saturated heterocycles. The van der Waals surface area contributed by atoms with Gasteiger partial charge in [-0.2, -0.15) is 5.10 Å². The topological polar surface area (TPSA) is 56.7 Å². The normalized spacial score (nSPS) is 10.6. The lowest BCUT2D eigenvalue weighted by atomic mass is 10.2. The van der Waals surface area contributed by atoms with Crippen LogP contribution in [0.15, 0.2) is 12.4 Å². The van der Waals surface area contributed by atoms with Crippen LogP contribution in [0.5, 0.6) is 0 Å². The fourth-order valence-corrected chi connectivity index (χ4v) is 2.00. The molecule has 0 atom stereocenters. The maximum atomic E-state index is 5.55. The van der Waals surface area contributed by atoms with Crippen LogP contribution in [0.4, 0.5) is 5.13 Å². The Bertz CT molecular complexity index is 429. The quantitative estimate of drug-likeness (QED) is 0.747. The van der Waals surface area contributed by atoms with Gasteiger partial charge >= 0.3 is 0 Å². The van der Waals surface area contributed by atoms with Crippen LogP contribution in [0, 0.1) is 6.92 Å². The lowest BCUT2D eigenvalue weighted by molar-refractivity contribution is 0.756. The molecule has 68 valence electrons.